The van der Waals surface area contributed by atoms with Crippen molar-refractivity contribution in [3.8, 4) is 17.2 Å². The molecular formula is C14H10FIO7S. The highest BCUT2D eigenvalue weighted by Gasteiger charge is 2.14. The number of phenols is 1. The van der Waals surface area contributed by atoms with Crippen LogP contribution in [-0.4, -0.2) is 30.7 Å². The number of rotatable bonds is 5. The summed E-state index contributed by atoms with van der Waals surface area (Å²) in [7, 11) is -4.34. The minimum atomic E-state index is -4.34. The molecule has 0 aliphatic carbocycles. The Bertz CT molecular complexity index is 842. The van der Waals surface area contributed by atoms with Crippen molar-refractivity contribution >= 4 is 38.7 Å². The number of hydrogen-bond donors (Lipinski definition) is 2. The van der Waals surface area contributed by atoms with E-state index in [4.69, 9.17) is 14.0 Å². The molecule has 2 aromatic rings. The monoisotopic (exact) mass is 468 g/mol. The van der Waals surface area contributed by atoms with E-state index in [2.05, 4.69) is 0 Å². The highest BCUT2D eigenvalue weighted by atomic mass is 127. The Labute approximate surface area is 149 Å². The largest absolute Gasteiger partial charge is 0.508 e. The summed E-state index contributed by atoms with van der Waals surface area (Å²) in [5, 5.41) is 9.22. The summed E-state index contributed by atoms with van der Waals surface area (Å²) in [5.41, 5.74) is 0. The summed E-state index contributed by atoms with van der Waals surface area (Å²) in [5.74, 6) is -2.13. The molecule has 7 nitrogen and oxygen atoms in total. The SMILES string of the molecule is O=C(COc1c(F)cc(O)cc1I)Oc1ccc(S(=O)(=O)O)cc1. The third-order valence-corrected chi connectivity index (χ3v) is 4.34. The number of benzene rings is 2. The molecule has 0 heterocycles. The molecular weight excluding hydrogens is 458 g/mol. The maximum atomic E-state index is 13.6. The first kappa shape index (κ1) is 18.4. The molecule has 2 rings (SSSR count). The fourth-order valence-electron chi connectivity index (χ4n) is 1.66. The van der Waals surface area contributed by atoms with Crippen molar-refractivity contribution in [2.24, 2.45) is 0 Å². The average molecular weight is 468 g/mol. The molecule has 0 aromatic heterocycles. The van der Waals surface area contributed by atoms with Crippen molar-refractivity contribution in [1.29, 1.82) is 0 Å². The van der Waals surface area contributed by atoms with Crippen molar-refractivity contribution in [1.82, 2.24) is 0 Å². The molecule has 0 spiro atoms. The van der Waals surface area contributed by atoms with Gasteiger partial charge in [-0.25, -0.2) is 9.18 Å². The van der Waals surface area contributed by atoms with Gasteiger partial charge in [-0.15, -0.1) is 0 Å². The Morgan fingerprint density at radius 1 is 1.21 bits per heavy atom. The summed E-state index contributed by atoms with van der Waals surface area (Å²) < 4.78 is 54.4. The highest BCUT2D eigenvalue weighted by Crippen LogP contribution is 2.29. The molecule has 10 heteroatoms. The molecule has 2 N–H and O–H groups in total. The predicted octanol–water partition coefficient (Wildman–Crippen LogP) is 2.37. The molecule has 0 fully saturated rings. The molecule has 0 radical (unpaired) electrons. The molecule has 128 valence electrons. The fourth-order valence-corrected chi connectivity index (χ4v) is 2.87. The lowest BCUT2D eigenvalue weighted by Gasteiger charge is -2.09. The van der Waals surface area contributed by atoms with Crippen molar-refractivity contribution in [2.45, 2.75) is 4.90 Å². The third kappa shape index (κ3) is 4.79. The topological polar surface area (TPSA) is 110 Å². The molecule has 0 aliphatic rings. The molecule has 0 saturated heterocycles. The van der Waals surface area contributed by atoms with E-state index in [-0.39, 0.29) is 25.7 Å². The van der Waals surface area contributed by atoms with Gasteiger partial charge in [0.2, 0.25) is 0 Å². The summed E-state index contributed by atoms with van der Waals surface area (Å²) >= 11 is 1.74. The minimum Gasteiger partial charge on any atom is -0.508 e. The van der Waals surface area contributed by atoms with Gasteiger partial charge in [-0.2, -0.15) is 8.42 Å². The van der Waals surface area contributed by atoms with Gasteiger partial charge >= 0.3 is 5.97 Å². The Kier molecular flexibility index (Phi) is 5.62. The lowest BCUT2D eigenvalue weighted by atomic mass is 10.3. The number of phenolic OH excluding ortho intramolecular Hbond substituents is 1. The first-order valence-electron chi connectivity index (χ1n) is 6.26. The van der Waals surface area contributed by atoms with Crippen LogP contribution in [0.1, 0.15) is 0 Å². The third-order valence-electron chi connectivity index (χ3n) is 2.67. The summed E-state index contributed by atoms with van der Waals surface area (Å²) in [4.78, 5) is 11.3. The Morgan fingerprint density at radius 3 is 2.38 bits per heavy atom. The van der Waals surface area contributed by atoms with Crippen LogP contribution in [0.3, 0.4) is 0 Å². The molecule has 0 bridgehead atoms. The van der Waals surface area contributed by atoms with E-state index in [1.54, 1.807) is 22.6 Å². The second kappa shape index (κ2) is 7.32. The second-order valence-corrected chi connectivity index (χ2v) is 7.03. The van der Waals surface area contributed by atoms with Gasteiger partial charge in [-0.1, -0.05) is 0 Å². The summed E-state index contributed by atoms with van der Waals surface area (Å²) in [6.45, 7) is -0.599. The number of carbonyl (C=O) groups is 1. The van der Waals surface area contributed by atoms with Crippen molar-refractivity contribution in [2.75, 3.05) is 6.61 Å². The van der Waals surface area contributed by atoms with E-state index in [0.29, 0.717) is 0 Å². The van der Waals surface area contributed by atoms with Gasteiger partial charge < -0.3 is 14.6 Å². The predicted molar refractivity (Wildman–Crippen MR) is 88.2 cm³/mol. The van der Waals surface area contributed by atoms with Gasteiger partial charge in [0.15, 0.2) is 18.2 Å². The molecule has 0 atom stereocenters. The van der Waals surface area contributed by atoms with Crippen molar-refractivity contribution < 1.29 is 36.7 Å². The maximum absolute atomic E-state index is 13.6. The molecule has 0 unspecified atom stereocenters. The number of carbonyl (C=O) groups excluding carboxylic acids is 1. The van der Waals surface area contributed by atoms with E-state index in [1.807, 2.05) is 0 Å². The fraction of sp³-hybridized carbons (Fsp3) is 0.0714. The number of esters is 1. The van der Waals surface area contributed by atoms with E-state index >= 15 is 0 Å². The van der Waals surface area contributed by atoms with Crippen LogP contribution in [0.2, 0.25) is 0 Å². The summed E-state index contributed by atoms with van der Waals surface area (Å²) in [6.07, 6.45) is 0. The van der Waals surface area contributed by atoms with E-state index in [9.17, 15) is 22.7 Å². The van der Waals surface area contributed by atoms with E-state index in [1.165, 1.54) is 18.2 Å². The zero-order valence-corrected chi connectivity index (χ0v) is 14.7. The number of aromatic hydroxyl groups is 1. The lowest BCUT2D eigenvalue weighted by molar-refractivity contribution is -0.136. The summed E-state index contributed by atoms with van der Waals surface area (Å²) in [6, 6.07) is 6.57. The molecule has 0 saturated carbocycles. The van der Waals surface area contributed by atoms with Gasteiger partial charge in [0.1, 0.15) is 11.5 Å². The van der Waals surface area contributed by atoms with Crippen LogP contribution < -0.4 is 9.47 Å². The highest BCUT2D eigenvalue weighted by molar-refractivity contribution is 14.1. The minimum absolute atomic E-state index is 0.0249. The number of ether oxygens (including phenoxy) is 2. The van der Waals surface area contributed by atoms with Crippen LogP contribution >= 0.6 is 22.6 Å². The molecule has 24 heavy (non-hydrogen) atoms. The van der Waals surface area contributed by atoms with Crippen LogP contribution in [0.25, 0.3) is 0 Å². The van der Waals surface area contributed by atoms with E-state index in [0.717, 1.165) is 18.2 Å². The molecule has 0 aliphatic heterocycles. The van der Waals surface area contributed by atoms with Crippen LogP contribution in [-0.2, 0) is 14.9 Å². The Balaban J connectivity index is 1.99. The molecule has 2 aromatic carbocycles. The second-order valence-electron chi connectivity index (χ2n) is 4.45. The van der Waals surface area contributed by atoms with Gasteiger partial charge in [-0.05, 0) is 52.9 Å². The number of halogens is 2. The number of hydrogen-bond acceptors (Lipinski definition) is 6. The first-order chi connectivity index (χ1) is 11.2. The normalized spacial score (nSPS) is 11.1. The lowest BCUT2D eigenvalue weighted by Crippen LogP contribution is -2.18. The van der Waals surface area contributed by atoms with Gasteiger partial charge in [0.05, 0.1) is 8.47 Å². The van der Waals surface area contributed by atoms with Gasteiger partial charge in [0.25, 0.3) is 10.1 Å². The zero-order valence-electron chi connectivity index (χ0n) is 11.8. The maximum Gasteiger partial charge on any atom is 0.349 e. The Hall–Kier alpha value is -1.92. The average Bonchev–Trinajstić information content (AvgIpc) is 2.45. The smallest absolute Gasteiger partial charge is 0.349 e. The Morgan fingerprint density at radius 2 is 1.83 bits per heavy atom. The van der Waals surface area contributed by atoms with E-state index < -0.39 is 28.5 Å². The first-order valence-corrected chi connectivity index (χ1v) is 8.78. The van der Waals surface area contributed by atoms with Gasteiger partial charge in [-0.3, -0.25) is 4.55 Å². The molecule has 0 amide bonds. The quantitative estimate of drug-likeness (QED) is 0.300. The van der Waals surface area contributed by atoms with Crippen LogP contribution in [0.5, 0.6) is 17.2 Å². The van der Waals surface area contributed by atoms with Crippen molar-refractivity contribution in [3.05, 3.63) is 45.8 Å². The van der Waals surface area contributed by atoms with Crippen LogP contribution in [0, 0.1) is 9.39 Å². The van der Waals surface area contributed by atoms with Crippen LogP contribution in [0.4, 0.5) is 4.39 Å². The van der Waals surface area contributed by atoms with Crippen molar-refractivity contribution in [3.63, 3.8) is 0 Å². The standard InChI is InChI=1S/C14H10FIO7S/c15-11-5-8(17)6-12(16)14(11)22-7-13(18)23-9-1-3-10(4-2-9)24(19,20)21/h1-6,17H,7H2,(H,19,20,21). The van der Waals surface area contributed by atoms with Crippen LogP contribution in [0.15, 0.2) is 41.3 Å². The van der Waals surface area contributed by atoms with Gasteiger partial charge in [0, 0.05) is 6.07 Å². The zero-order chi connectivity index (χ0) is 17.9.